The van der Waals surface area contributed by atoms with E-state index in [0.29, 0.717) is 10.7 Å². The van der Waals surface area contributed by atoms with Gasteiger partial charge in [-0.25, -0.2) is 0 Å². The number of rotatable bonds is 6. The second kappa shape index (κ2) is 8.60. The van der Waals surface area contributed by atoms with E-state index in [4.69, 9.17) is 21.1 Å². The number of hydrogen-bond donors (Lipinski definition) is 1. The van der Waals surface area contributed by atoms with Gasteiger partial charge in [0.05, 0.1) is 20.6 Å². The Morgan fingerprint density at radius 1 is 0.926 bits per heavy atom. The highest BCUT2D eigenvalue weighted by Crippen LogP contribution is 2.33. The first-order valence-corrected chi connectivity index (χ1v) is 8.83. The topological polar surface area (TPSA) is 47.6 Å². The van der Waals surface area contributed by atoms with Crippen LogP contribution in [-0.2, 0) is 11.2 Å². The fourth-order valence-electron chi connectivity index (χ4n) is 2.77. The lowest BCUT2D eigenvalue weighted by Gasteiger charge is -2.12. The van der Waals surface area contributed by atoms with Crippen molar-refractivity contribution in [3.8, 4) is 22.6 Å². The Labute approximate surface area is 163 Å². The quantitative estimate of drug-likeness (QED) is 0.638. The van der Waals surface area contributed by atoms with Crippen molar-refractivity contribution in [2.24, 2.45) is 0 Å². The zero-order valence-electron chi connectivity index (χ0n) is 15.2. The van der Waals surface area contributed by atoms with Gasteiger partial charge in [-0.2, -0.15) is 0 Å². The molecule has 0 aromatic heterocycles. The van der Waals surface area contributed by atoms with Gasteiger partial charge in [0.15, 0.2) is 0 Å². The Bertz CT molecular complexity index is 921. The number of halogens is 1. The molecule has 3 rings (SSSR count). The molecule has 0 bridgehead atoms. The van der Waals surface area contributed by atoms with Crippen molar-refractivity contribution in [1.82, 2.24) is 0 Å². The molecule has 0 aliphatic heterocycles. The summed E-state index contributed by atoms with van der Waals surface area (Å²) >= 11 is 5.88. The summed E-state index contributed by atoms with van der Waals surface area (Å²) < 4.78 is 10.7. The van der Waals surface area contributed by atoms with E-state index in [1.54, 1.807) is 26.4 Å². The van der Waals surface area contributed by atoms with Crippen molar-refractivity contribution in [3.63, 3.8) is 0 Å². The Hall–Kier alpha value is -2.98. The van der Waals surface area contributed by atoms with Crippen LogP contribution in [0.4, 0.5) is 5.69 Å². The second-order valence-electron chi connectivity index (χ2n) is 5.99. The molecule has 0 heterocycles. The van der Waals surface area contributed by atoms with Crippen LogP contribution in [0.1, 0.15) is 5.56 Å². The van der Waals surface area contributed by atoms with Gasteiger partial charge in [0.2, 0.25) is 5.91 Å². The molecule has 0 atom stereocenters. The van der Waals surface area contributed by atoms with Crippen LogP contribution in [0, 0.1) is 0 Å². The van der Waals surface area contributed by atoms with Gasteiger partial charge in [0.1, 0.15) is 11.5 Å². The lowest BCUT2D eigenvalue weighted by Crippen LogP contribution is -2.14. The van der Waals surface area contributed by atoms with E-state index < -0.39 is 0 Å². The highest BCUT2D eigenvalue weighted by atomic mass is 35.5. The molecule has 27 heavy (non-hydrogen) atoms. The minimum absolute atomic E-state index is 0.0943. The molecule has 138 valence electrons. The fraction of sp³-hybridized carbons (Fsp3) is 0.136. The number of hydrogen-bond acceptors (Lipinski definition) is 3. The Morgan fingerprint density at radius 3 is 2.26 bits per heavy atom. The fourth-order valence-corrected chi connectivity index (χ4v) is 2.90. The summed E-state index contributed by atoms with van der Waals surface area (Å²) in [4.78, 5) is 12.4. The maximum atomic E-state index is 12.4. The van der Waals surface area contributed by atoms with Crippen molar-refractivity contribution in [1.29, 1.82) is 0 Å². The molecular formula is C22H20ClNO3. The Morgan fingerprint density at radius 2 is 1.63 bits per heavy atom. The number of methoxy groups -OCH3 is 2. The van der Waals surface area contributed by atoms with Crippen molar-refractivity contribution in [2.75, 3.05) is 19.5 Å². The van der Waals surface area contributed by atoms with E-state index in [1.165, 1.54) is 0 Å². The molecule has 4 nitrogen and oxygen atoms in total. The van der Waals surface area contributed by atoms with Crippen molar-refractivity contribution in [3.05, 3.63) is 77.3 Å². The third-order valence-electron chi connectivity index (χ3n) is 4.16. The molecule has 0 spiro atoms. The van der Waals surface area contributed by atoms with E-state index in [2.05, 4.69) is 5.32 Å². The standard InChI is InChI=1S/C22H20ClNO3/c1-26-19-10-5-16(6-11-19)20-14-18(9-12-21(20)27-2)24-22(25)13-15-3-7-17(23)8-4-15/h3-12,14H,13H2,1-2H3,(H,24,25). The van der Waals surface area contributed by atoms with E-state index >= 15 is 0 Å². The first-order valence-electron chi connectivity index (χ1n) is 8.46. The minimum Gasteiger partial charge on any atom is -0.497 e. The summed E-state index contributed by atoms with van der Waals surface area (Å²) in [6.45, 7) is 0. The molecule has 3 aromatic carbocycles. The summed E-state index contributed by atoms with van der Waals surface area (Å²) in [7, 11) is 3.26. The number of benzene rings is 3. The lowest BCUT2D eigenvalue weighted by molar-refractivity contribution is -0.115. The maximum absolute atomic E-state index is 12.4. The van der Waals surface area contributed by atoms with Crippen LogP contribution in [0.3, 0.4) is 0 Å². The molecule has 0 radical (unpaired) electrons. The molecule has 5 heteroatoms. The third kappa shape index (κ3) is 4.80. The predicted octanol–water partition coefficient (Wildman–Crippen LogP) is 5.21. The molecular weight excluding hydrogens is 362 g/mol. The minimum atomic E-state index is -0.0943. The van der Waals surface area contributed by atoms with Crippen LogP contribution in [0.25, 0.3) is 11.1 Å². The summed E-state index contributed by atoms with van der Waals surface area (Å²) in [5.41, 5.74) is 3.48. The number of carbonyl (C=O) groups is 1. The van der Waals surface area contributed by atoms with Crippen molar-refractivity contribution in [2.45, 2.75) is 6.42 Å². The van der Waals surface area contributed by atoms with E-state index in [9.17, 15) is 4.79 Å². The van der Waals surface area contributed by atoms with E-state index in [1.807, 2.05) is 54.6 Å². The van der Waals surface area contributed by atoms with Crippen LogP contribution in [0.2, 0.25) is 5.02 Å². The zero-order chi connectivity index (χ0) is 19.2. The van der Waals surface area contributed by atoms with Gasteiger partial charge in [0, 0.05) is 16.3 Å². The smallest absolute Gasteiger partial charge is 0.228 e. The average Bonchev–Trinajstić information content (AvgIpc) is 2.70. The lowest BCUT2D eigenvalue weighted by atomic mass is 10.0. The number of amides is 1. The van der Waals surface area contributed by atoms with Gasteiger partial charge in [-0.1, -0.05) is 35.9 Å². The number of carbonyl (C=O) groups excluding carboxylic acids is 1. The first-order chi connectivity index (χ1) is 13.1. The summed E-state index contributed by atoms with van der Waals surface area (Å²) in [5, 5.41) is 3.59. The molecule has 0 fully saturated rings. The highest BCUT2D eigenvalue weighted by molar-refractivity contribution is 6.30. The number of ether oxygens (including phenoxy) is 2. The van der Waals surface area contributed by atoms with Crippen LogP contribution in [-0.4, -0.2) is 20.1 Å². The largest absolute Gasteiger partial charge is 0.497 e. The molecule has 0 saturated heterocycles. The second-order valence-corrected chi connectivity index (χ2v) is 6.43. The highest BCUT2D eigenvalue weighted by Gasteiger charge is 2.10. The molecule has 0 unspecified atom stereocenters. The monoisotopic (exact) mass is 381 g/mol. The van der Waals surface area contributed by atoms with Gasteiger partial charge in [-0.3, -0.25) is 4.79 Å². The predicted molar refractivity (Wildman–Crippen MR) is 109 cm³/mol. The van der Waals surface area contributed by atoms with Gasteiger partial charge in [-0.05, 0) is 53.6 Å². The Kier molecular flexibility index (Phi) is 5.99. The van der Waals surface area contributed by atoms with Crippen LogP contribution >= 0.6 is 11.6 Å². The first kappa shape index (κ1) is 18.8. The van der Waals surface area contributed by atoms with Crippen LogP contribution in [0.15, 0.2) is 66.7 Å². The molecule has 0 aliphatic carbocycles. The summed E-state index contributed by atoms with van der Waals surface area (Å²) in [5.74, 6) is 1.42. The third-order valence-corrected chi connectivity index (χ3v) is 4.41. The molecule has 0 aliphatic rings. The Balaban J connectivity index is 1.79. The number of anilines is 1. The molecule has 1 amide bonds. The van der Waals surface area contributed by atoms with E-state index in [-0.39, 0.29) is 12.3 Å². The maximum Gasteiger partial charge on any atom is 0.228 e. The van der Waals surface area contributed by atoms with E-state index in [0.717, 1.165) is 28.2 Å². The van der Waals surface area contributed by atoms with Crippen LogP contribution in [0.5, 0.6) is 11.5 Å². The van der Waals surface area contributed by atoms with Gasteiger partial charge < -0.3 is 14.8 Å². The molecule has 0 saturated carbocycles. The normalized spacial score (nSPS) is 10.3. The zero-order valence-corrected chi connectivity index (χ0v) is 15.9. The summed E-state index contributed by atoms with van der Waals surface area (Å²) in [6.07, 6.45) is 0.279. The van der Waals surface area contributed by atoms with Crippen molar-refractivity contribution >= 4 is 23.2 Å². The SMILES string of the molecule is COc1ccc(-c2cc(NC(=O)Cc3ccc(Cl)cc3)ccc2OC)cc1. The van der Waals surface area contributed by atoms with Gasteiger partial charge >= 0.3 is 0 Å². The molecule has 1 N–H and O–H groups in total. The van der Waals surface area contributed by atoms with Gasteiger partial charge in [0.25, 0.3) is 0 Å². The van der Waals surface area contributed by atoms with Crippen LogP contribution < -0.4 is 14.8 Å². The average molecular weight is 382 g/mol. The van der Waals surface area contributed by atoms with Crippen molar-refractivity contribution < 1.29 is 14.3 Å². The molecule has 3 aromatic rings. The summed E-state index contributed by atoms with van der Waals surface area (Å²) in [6, 6.07) is 20.5. The van der Waals surface area contributed by atoms with Gasteiger partial charge in [-0.15, -0.1) is 0 Å². The number of nitrogens with one attached hydrogen (secondary N) is 1.